The van der Waals surface area contributed by atoms with E-state index in [4.69, 9.17) is 0 Å². The predicted molar refractivity (Wildman–Crippen MR) is 83.7 cm³/mol. The van der Waals surface area contributed by atoms with Gasteiger partial charge < -0.3 is 5.32 Å². The normalized spacial score (nSPS) is 11.8. The predicted octanol–water partition coefficient (Wildman–Crippen LogP) is 3.32. The smallest absolute Gasteiger partial charge is 0.0537 e. The molecule has 1 N–H and O–H groups in total. The lowest BCUT2D eigenvalue weighted by molar-refractivity contribution is 0.423. The highest BCUT2D eigenvalue weighted by atomic mass is 15.3. The fourth-order valence-corrected chi connectivity index (χ4v) is 2.12. The Morgan fingerprint density at radius 3 is 2.50 bits per heavy atom. The molecular formula is C17H25N3. The molecule has 0 aliphatic heterocycles. The number of aryl methyl sites for hydroxylation is 2. The molecule has 1 aromatic carbocycles. The maximum Gasteiger partial charge on any atom is 0.0537 e. The lowest BCUT2D eigenvalue weighted by atomic mass is 10.1. The van der Waals surface area contributed by atoms with E-state index in [1.54, 1.807) is 0 Å². The van der Waals surface area contributed by atoms with Crippen LogP contribution in [-0.4, -0.2) is 15.3 Å². The highest BCUT2D eigenvalue weighted by Gasteiger charge is 2.11. The summed E-state index contributed by atoms with van der Waals surface area (Å²) < 4.78 is 2.10. The topological polar surface area (TPSA) is 29.9 Å². The molecule has 108 valence electrons. The average Bonchev–Trinajstić information content (AvgIpc) is 2.75. The fraction of sp³-hybridized carbons (Fsp3) is 0.471. The van der Waals surface area contributed by atoms with Crippen molar-refractivity contribution in [1.82, 2.24) is 15.1 Å². The first-order valence-corrected chi connectivity index (χ1v) is 7.26. The average molecular weight is 271 g/mol. The van der Waals surface area contributed by atoms with Crippen LogP contribution in [0.5, 0.6) is 0 Å². The van der Waals surface area contributed by atoms with Crippen LogP contribution in [-0.2, 0) is 19.5 Å². The van der Waals surface area contributed by atoms with Crippen molar-refractivity contribution >= 4 is 0 Å². The molecule has 2 rings (SSSR count). The third-order valence-electron chi connectivity index (χ3n) is 3.47. The highest BCUT2D eigenvalue weighted by molar-refractivity contribution is 5.18. The molecule has 0 spiro atoms. The summed E-state index contributed by atoms with van der Waals surface area (Å²) in [5.74, 6) is 0. The fourth-order valence-electron chi connectivity index (χ4n) is 2.12. The van der Waals surface area contributed by atoms with Crippen LogP contribution in [0.1, 0.15) is 37.6 Å². The van der Waals surface area contributed by atoms with Crippen molar-refractivity contribution in [3.63, 3.8) is 0 Å². The summed E-state index contributed by atoms with van der Waals surface area (Å²) >= 11 is 0. The largest absolute Gasteiger partial charge is 0.308 e. The molecular weight excluding hydrogens is 246 g/mol. The van der Waals surface area contributed by atoms with E-state index in [0.29, 0.717) is 0 Å². The number of nitrogens with one attached hydrogen (secondary N) is 1. The SMILES string of the molecule is Cc1c(CNC(C)(C)C)cnn1CCc1ccccc1. The molecule has 3 heteroatoms. The zero-order valence-corrected chi connectivity index (χ0v) is 13.0. The zero-order chi connectivity index (χ0) is 14.6. The third-order valence-corrected chi connectivity index (χ3v) is 3.47. The van der Waals surface area contributed by atoms with Crippen LogP contribution < -0.4 is 5.32 Å². The van der Waals surface area contributed by atoms with Gasteiger partial charge in [0.25, 0.3) is 0 Å². The van der Waals surface area contributed by atoms with E-state index in [0.717, 1.165) is 19.5 Å². The van der Waals surface area contributed by atoms with Crippen molar-refractivity contribution in [1.29, 1.82) is 0 Å². The molecule has 0 aliphatic carbocycles. The second-order valence-corrected chi connectivity index (χ2v) is 6.32. The molecule has 0 fully saturated rings. The summed E-state index contributed by atoms with van der Waals surface area (Å²) in [6, 6.07) is 10.6. The van der Waals surface area contributed by atoms with Crippen LogP contribution in [0.15, 0.2) is 36.5 Å². The first-order chi connectivity index (χ1) is 9.46. The Labute approximate surface area is 122 Å². The van der Waals surface area contributed by atoms with E-state index < -0.39 is 0 Å². The molecule has 1 aromatic heterocycles. The minimum absolute atomic E-state index is 0.137. The van der Waals surface area contributed by atoms with Crippen LogP contribution in [0.2, 0.25) is 0 Å². The van der Waals surface area contributed by atoms with Gasteiger partial charge in [-0.3, -0.25) is 4.68 Å². The molecule has 3 nitrogen and oxygen atoms in total. The van der Waals surface area contributed by atoms with Crippen LogP contribution in [0, 0.1) is 6.92 Å². The first kappa shape index (κ1) is 14.8. The van der Waals surface area contributed by atoms with Crippen molar-refractivity contribution in [3.05, 3.63) is 53.3 Å². The molecule has 0 aliphatic rings. The van der Waals surface area contributed by atoms with Gasteiger partial charge in [-0.1, -0.05) is 30.3 Å². The molecule has 0 radical (unpaired) electrons. The van der Waals surface area contributed by atoms with E-state index in [1.807, 2.05) is 6.20 Å². The number of hydrogen-bond donors (Lipinski definition) is 1. The van der Waals surface area contributed by atoms with Gasteiger partial charge in [-0.15, -0.1) is 0 Å². The van der Waals surface area contributed by atoms with Gasteiger partial charge in [0.1, 0.15) is 0 Å². The Morgan fingerprint density at radius 1 is 1.15 bits per heavy atom. The number of aromatic nitrogens is 2. The molecule has 0 saturated heterocycles. The van der Waals surface area contributed by atoms with Gasteiger partial charge in [0, 0.05) is 29.9 Å². The number of rotatable bonds is 5. The van der Waals surface area contributed by atoms with Gasteiger partial charge >= 0.3 is 0 Å². The van der Waals surface area contributed by atoms with E-state index >= 15 is 0 Å². The summed E-state index contributed by atoms with van der Waals surface area (Å²) in [5.41, 5.74) is 4.04. The Bertz CT molecular complexity index is 535. The van der Waals surface area contributed by atoms with Gasteiger partial charge in [0.2, 0.25) is 0 Å². The summed E-state index contributed by atoms with van der Waals surface area (Å²) in [5, 5.41) is 8.02. The van der Waals surface area contributed by atoms with E-state index in [9.17, 15) is 0 Å². The highest BCUT2D eigenvalue weighted by Crippen LogP contribution is 2.10. The standard InChI is InChI=1S/C17H25N3/c1-14-16(12-18-17(2,3)4)13-19-20(14)11-10-15-8-6-5-7-9-15/h5-9,13,18H,10-12H2,1-4H3. The Morgan fingerprint density at radius 2 is 1.85 bits per heavy atom. The first-order valence-electron chi connectivity index (χ1n) is 7.26. The molecule has 0 atom stereocenters. The van der Waals surface area contributed by atoms with Gasteiger partial charge in [-0.2, -0.15) is 5.10 Å². The summed E-state index contributed by atoms with van der Waals surface area (Å²) in [6.45, 7) is 10.5. The lowest BCUT2D eigenvalue weighted by Crippen LogP contribution is -2.35. The van der Waals surface area contributed by atoms with E-state index in [-0.39, 0.29) is 5.54 Å². The van der Waals surface area contributed by atoms with Gasteiger partial charge in [0.05, 0.1) is 6.20 Å². The van der Waals surface area contributed by atoms with Crippen molar-refractivity contribution in [3.8, 4) is 0 Å². The summed E-state index contributed by atoms with van der Waals surface area (Å²) in [4.78, 5) is 0. The van der Waals surface area contributed by atoms with Crippen LogP contribution in [0.25, 0.3) is 0 Å². The monoisotopic (exact) mass is 271 g/mol. The Kier molecular flexibility index (Phi) is 4.61. The molecule has 0 unspecified atom stereocenters. The van der Waals surface area contributed by atoms with Crippen LogP contribution in [0.3, 0.4) is 0 Å². The maximum absolute atomic E-state index is 4.51. The zero-order valence-electron chi connectivity index (χ0n) is 13.0. The maximum atomic E-state index is 4.51. The minimum atomic E-state index is 0.137. The number of benzene rings is 1. The second kappa shape index (κ2) is 6.23. The van der Waals surface area contributed by atoms with Gasteiger partial charge in [0.15, 0.2) is 0 Å². The van der Waals surface area contributed by atoms with Gasteiger partial charge in [-0.25, -0.2) is 0 Å². The quantitative estimate of drug-likeness (QED) is 0.904. The van der Waals surface area contributed by atoms with Crippen LogP contribution in [0.4, 0.5) is 0 Å². The van der Waals surface area contributed by atoms with Crippen molar-refractivity contribution in [2.45, 2.75) is 52.7 Å². The molecule has 0 bridgehead atoms. The molecule has 20 heavy (non-hydrogen) atoms. The third kappa shape index (κ3) is 4.20. The van der Waals surface area contributed by atoms with Gasteiger partial charge in [-0.05, 0) is 39.7 Å². The van der Waals surface area contributed by atoms with Crippen molar-refractivity contribution in [2.75, 3.05) is 0 Å². The second-order valence-electron chi connectivity index (χ2n) is 6.32. The molecule has 1 heterocycles. The number of hydrogen-bond acceptors (Lipinski definition) is 2. The Hall–Kier alpha value is -1.61. The minimum Gasteiger partial charge on any atom is -0.308 e. The molecule has 0 amide bonds. The summed E-state index contributed by atoms with van der Waals surface area (Å²) in [6.07, 6.45) is 3.01. The molecule has 0 saturated carbocycles. The van der Waals surface area contributed by atoms with Crippen molar-refractivity contribution < 1.29 is 0 Å². The molecule has 2 aromatic rings. The lowest BCUT2D eigenvalue weighted by Gasteiger charge is -2.20. The Balaban J connectivity index is 1.95. The van der Waals surface area contributed by atoms with Crippen molar-refractivity contribution in [2.24, 2.45) is 0 Å². The van der Waals surface area contributed by atoms with Crippen LogP contribution >= 0.6 is 0 Å². The van der Waals surface area contributed by atoms with E-state index in [2.05, 4.69) is 73.1 Å². The summed E-state index contributed by atoms with van der Waals surface area (Å²) in [7, 11) is 0. The van der Waals surface area contributed by atoms with E-state index in [1.165, 1.54) is 16.8 Å². The number of nitrogens with zero attached hydrogens (tertiary/aromatic N) is 2.